The fraction of sp³-hybridized carbons (Fsp3) is 0.375. The molecular formula is C24H28N4O4S. The Kier molecular flexibility index (Phi) is 6.90. The molecule has 1 aliphatic heterocycles. The van der Waals surface area contributed by atoms with E-state index in [1.807, 2.05) is 37.3 Å². The van der Waals surface area contributed by atoms with Crippen molar-refractivity contribution in [2.75, 3.05) is 19.6 Å². The molecule has 0 aliphatic carbocycles. The molecule has 0 spiro atoms. The van der Waals surface area contributed by atoms with E-state index in [2.05, 4.69) is 22.4 Å². The Balaban J connectivity index is 1.39. The maximum absolute atomic E-state index is 12.9. The summed E-state index contributed by atoms with van der Waals surface area (Å²) < 4.78 is 32.8. The van der Waals surface area contributed by atoms with E-state index in [0.29, 0.717) is 31.1 Å². The lowest BCUT2D eigenvalue weighted by Gasteiger charge is -2.29. The van der Waals surface area contributed by atoms with E-state index in [-0.39, 0.29) is 22.6 Å². The van der Waals surface area contributed by atoms with Gasteiger partial charge >= 0.3 is 11.8 Å². The summed E-state index contributed by atoms with van der Waals surface area (Å²) in [5.74, 6) is 0.255. The summed E-state index contributed by atoms with van der Waals surface area (Å²) in [6.45, 7) is 5.67. The van der Waals surface area contributed by atoms with Gasteiger partial charge in [-0.15, -0.1) is 10.2 Å². The molecule has 174 valence electrons. The fourth-order valence-corrected chi connectivity index (χ4v) is 5.27. The van der Waals surface area contributed by atoms with Crippen LogP contribution in [0.1, 0.15) is 48.9 Å². The van der Waals surface area contributed by atoms with Gasteiger partial charge in [-0.25, -0.2) is 8.42 Å². The minimum atomic E-state index is -3.53. The molecule has 1 atom stereocenters. The topological polar surface area (TPSA) is 105 Å². The second kappa shape index (κ2) is 9.84. The smallest absolute Gasteiger partial charge is 0.308 e. The first kappa shape index (κ1) is 23.1. The number of hydrogen-bond donors (Lipinski definition) is 1. The van der Waals surface area contributed by atoms with Crippen molar-refractivity contribution >= 4 is 15.9 Å². The van der Waals surface area contributed by atoms with Crippen LogP contribution < -0.4 is 5.32 Å². The Hall–Kier alpha value is -3.04. The predicted molar refractivity (Wildman–Crippen MR) is 124 cm³/mol. The molecule has 8 nitrogen and oxygen atoms in total. The lowest BCUT2D eigenvalue weighted by Crippen LogP contribution is -2.37. The summed E-state index contributed by atoms with van der Waals surface area (Å²) in [7, 11) is -3.53. The van der Waals surface area contributed by atoms with E-state index < -0.39 is 15.9 Å². The fourth-order valence-electron chi connectivity index (χ4n) is 3.80. The molecule has 1 aliphatic rings. The maximum Gasteiger partial charge on any atom is 0.308 e. The third-order valence-corrected chi connectivity index (χ3v) is 7.95. The number of sulfonamides is 1. The summed E-state index contributed by atoms with van der Waals surface area (Å²) in [5.41, 5.74) is 1.67. The van der Waals surface area contributed by atoms with E-state index >= 15 is 0 Å². The monoisotopic (exact) mass is 468 g/mol. The van der Waals surface area contributed by atoms with E-state index in [0.717, 1.165) is 18.4 Å². The molecule has 1 fully saturated rings. The number of amides is 1. The van der Waals surface area contributed by atoms with Crippen molar-refractivity contribution in [1.29, 1.82) is 0 Å². The van der Waals surface area contributed by atoms with Gasteiger partial charge in [0.25, 0.3) is 0 Å². The molecule has 2 heterocycles. The minimum absolute atomic E-state index is 0.134. The van der Waals surface area contributed by atoms with Crippen molar-refractivity contribution < 1.29 is 17.6 Å². The molecule has 4 rings (SSSR count). The van der Waals surface area contributed by atoms with Crippen molar-refractivity contribution in [2.24, 2.45) is 5.92 Å². The van der Waals surface area contributed by atoms with Crippen LogP contribution in [0.5, 0.6) is 0 Å². The van der Waals surface area contributed by atoms with Gasteiger partial charge in [0.1, 0.15) is 0 Å². The maximum atomic E-state index is 12.9. The lowest BCUT2D eigenvalue weighted by atomic mass is 10.0. The average molecular weight is 469 g/mol. The lowest BCUT2D eigenvalue weighted by molar-refractivity contribution is 0.0917. The van der Waals surface area contributed by atoms with Crippen molar-refractivity contribution in [3.63, 3.8) is 0 Å². The predicted octanol–water partition coefficient (Wildman–Crippen LogP) is 3.69. The number of nitrogens with zero attached hydrogens (tertiary/aromatic N) is 3. The number of carbonyl (C=O) groups is 1. The molecule has 0 unspecified atom stereocenters. The minimum Gasteiger partial charge on any atom is -0.412 e. The molecule has 1 saturated heterocycles. The first-order valence-corrected chi connectivity index (χ1v) is 12.6. The standard InChI is InChI=1S/C24H28N4O4S/c1-17-12-14-28(15-13-17)33(30,31)21-10-8-20(9-11-21)23-26-27-24(32-23)22(29)25-16-18(2)19-6-4-3-5-7-19/h3-11,17-18H,12-16H2,1-2H3,(H,25,29)/t18-/m0/s1. The SMILES string of the molecule is CC1CCN(S(=O)(=O)c2ccc(-c3nnc(C(=O)NC[C@H](C)c4ccccc4)o3)cc2)CC1. The number of piperidine rings is 1. The summed E-state index contributed by atoms with van der Waals surface area (Å²) in [6.07, 6.45) is 1.74. The van der Waals surface area contributed by atoms with Crippen LogP contribution in [0.15, 0.2) is 63.9 Å². The van der Waals surface area contributed by atoms with E-state index in [1.165, 1.54) is 16.4 Å². The number of aromatic nitrogens is 2. The number of hydrogen-bond acceptors (Lipinski definition) is 6. The molecule has 1 N–H and O–H groups in total. The van der Waals surface area contributed by atoms with Crippen LogP contribution in [-0.4, -0.2) is 48.5 Å². The normalized spacial score (nSPS) is 16.4. The van der Waals surface area contributed by atoms with E-state index in [1.54, 1.807) is 12.1 Å². The van der Waals surface area contributed by atoms with Gasteiger partial charge in [-0.3, -0.25) is 4.79 Å². The van der Waals surface area contributed by atoms with Crippen LogP contribution >= 0.6 is 0 Å². The highest BCUT2D eigenvalue weighted by molar-refractivity contribution is 7.89. The van der Waals surface area contributed by atoms with Crippen molar-refractivity contribution in [1.82, 2.24) is 19.8 Å². The quantitative estimate of drug-likeness (QED) is 0.567. The molecule has 33 heavy (non-hydrogen) atoms. The highest BCUT2D eigenvalue weighted by Crippen LogP contribution is 2.26. The van der Waals surface area contributed by atoms with Gasteiger partial charge in [-0.1, -0.05) is 44.2 Å². The largest absolute Gasteiger partial charge is 0.412 e. The molecule has 3 aromatic rings. The first-order valence-electron chi connectivity index (χ1n) is 11.1. The second-order valence-electron chi connectivity index (χ2n) is 8.55. The van der Waals surface area contributed by atoms with Gasteiger partial charge in [-0.2, -0.15) is 4.31 Å². The Bertz CT molecular complexity index is 1180. The zero-order valence-electron chi connectivity index (χ0n) is 18.8. The number of carbonyl (C=O) groups excluding carboxylic acids is 1. The molecule has 9 heteroatoms. The molecule has 2 aromatic carbocycles. The van der Waals surface area contributed by atoms with Gasteiger partial charge in [-0.05, 0) is 54.5 Å². The average Bonchev–Trinajstić information content (AvgIpc) is 3.34. The Morgan fingerprint density at radius 3 is 2.42 bits per heavy atom. The van der Waals surface area contributed by atoms with Gasteiger partial charge in [0, 0.05) is 25.2 Å². The Morgan fingerprint density at radius 1 is 1.09 bits per heavy atom. The zero-order chi connectivity index (χ0) is 23.4. The summed E-state index contributed by atoms with van der Waals surface area (Å²) in [5, 5.41) is 10.6. The summed E-state index contributed by atoms with van der Waals surface area (Å²) in [4.78, 5) is 12.6. The zero-order valence-corrected chi connectivity index (χ0v) is 19.6. The van der Waals surface area contributed by atoms with Crippen LogP contribution in [0.3, 0.4) is 0 Å². The van der Waals surface area contributed by atoms with Crippen LogP contribution in [0.2, 0.25) is 0 Å². The first-order chi connectivity index (χ1) is 15.8. The van der Waals surface area contributed by atoms with Crippen LogP contribution in [0.25, 0.3) is 11.5 Å². The van der Waals surface area contributed by atoms with E-state index in [9.17, 15) is 13.2 Å². The van der Waals surface area contributed by atoms with Crippen molar-refractivity contribution in [2.45, 2.75) is 37.5 Å². The number of benzene rings is 2. The Morgan fingerprint density at radius 2 is 1.76 bits per heavy atom. The second-order valence-corrected chi connectivity index (χ2v) is 10.5. The van der Waals surface area contributed by atoms with Crippen molar-refractivity contribution in [3.8, 4) is 11.5 Å². The van der Waals surface area contributed by atoms with Crippen molar-refractivity contribution in [3.05, 3.63) is 66.1 Å². The molecule has 0 bridgehead atoms. The third kappa shape index (κ3) is 5.31. The van der Waals surface area contributed by atoms with Gasteiger partial charge in [0.05, 0.1) is 4.90 Å². The highest BCUT2D eigenvalue weighted by Gasteiger charge is 2.28. The van der Waals surface area contributed by atoms with E-state index in [4.69, 9.17) is 4.42 Å². The van der Waals surface area contributed by atoms with Gasteiger partial charge < -0.3 is 9.73 Å². The highest BCUT2D eigenvalue weighted by atomic mass is 32.2. The molecule has 1 amide bonds. The number of nitrogens with one attached hydrogen (secondary N) is 1. The number of rotatable bonds is 7. The molecular weight excluding hydrogens is 440 g/mol. The van der Waals surface area contributed by atoms with Crippen LogP contribution in [-0.2, 0) is 10.0 Å². The molecule has 0 saturated carbocycles. The van der Waals surface area contributed by atoms with Gasteiger partial charge in [0.15, 0.2) is 0 Å². The summed E-state index contributed by atoms with van der Waals surface area (Å²) >= 11 is 0. The Labute approximate surface area is 194 Å². The van der Waals surface area contributed by atoms with Crippen LogP contribution in [0, 0.1) is 5.92 Å². The van der Waals surface area contributed by atoms with Crippen LogP contribution in [0.4, 0.5) is 0 Å². The summed E-state index contributed by atoms with van der Waals surface area (Å²) in [6, 6.07) is 16.2. The third-order valence-electron chi connectivity index (χ3n) is 6.04. The van der Waals surface area contributed by atoms with Gasteiger partial charge in [0.2, 0.25) is 15.9 Å². The molecule has 1 aromatic heterocycles. The molecule has 0 radical (unpaired) electrons.